The van der Waals surface area contributed by atoms with Gasteiger partial charge in [0.15, 0.2) is 11.5 Å². The summed E-state index contributed by atoms with van der Waals surface area (Å²) in [7, 11) is 0. The Morgan fingerprint density at radius 3 is 2.57 bits per heavy atom. The van der Waals surface area contributed by atoms with Gasteiger partial charge in [-0.15, -0.1) is 0 Å². The fourth-order valence-corrected chi connectivity index (χ4v) is 2.46. The van der Waals surface area contributed by atoms with Crippen molar-refractivity contribution in [2.45, 2.75) is 6.92 Å². The lowest BCUT2D eigenvalue weighted by atomic mass is 10.2. The molecule has 7 nitrogen and oxygen atoms in total. The average Bonchev–Trinajstić information content (AvgIpc) is 3.02. The second kappa shape index (κ2) is 7.78. The SMILES string of the molecule is Cc1nc(-c2cccc(F)c2)ncc1C(=O)O.Nn1ccc2cc(F)cnc21. The van der Waals surface area contributed by atoms with Crippen molar-refractivity contribution in [3.63, 3.8) is 0 Å². The molecule has 9 heteroatoms. The van der Waals surface area contributed by atoms with Gasteiger partial charge in [-0.05, 0) is 31.2 Å². The van der Waals surface area contributed by atoms with E-state index in [4.69, 9.17) is 10.9 Å². The normalized spacial score (nSPS) is 10.4. The highest BCUT2D eigenvalue weighted by atomic mass is 19.1. The Morgan fingerprint density at radius 1 is 1.11 bits per heavy atom. The molecule has 0 saturated carbocycles. The molecule has 0 bridgehead atoms. The van der Waals surface area contributed by atoms with Gasteiger partial charge in [-0.3, -0.25) is 4.68 Å². The third-order valence-electron chi connectivity index (χ3n) is 3.81. The minimum absolute atomic E-state index is 0.0464. The van der Waals surface area contributed by atoms with Crippen LogP contribution < -0.4 is 5.84 Å². The number of pyridine rings is 1. The highest BCUT2D eigenvalue weighted by Crippen LogP contribution is 2.17. The summed E-state index contributed by atoms with van der Waals surface area (Å²) >= 11 is 0. The monoisotopic (exact) mass is 383 g/mol. The Balaban J connectivity index is 0.000000176. The molecule has 1 aromatic carbocycles. The third kappa shape index (κ3) is 4.09. The van der Waals surface area contributed by atoms with Crippen LogP contribution in [0.15, 0.2) is 55.0 Å². The van der Waals surface area contributed by atoms with Gasteiger partial charge in [0.25, 0.3) is 0 Å². The fourth-order valence-electron chi connectivity index (χ4n) is 2.46. The van der Waals surface area contributed by atoms with Crippen LogP contribution in [0.5, 0.6) is 0 Å². The van der Waals surface area contributed by atoms with E-state index in [1.54, 1.807) is 31.3 Å². The summed E-state index contributed by atoms with van der Waals surface area (Å²) in [6, 6.07) is 8.95. The van der Waals surface area contributed by atoms with E-state index in [1.807, 2.05) is 0 Å². The topological polar surface area (TPSA) is 107 Å². The van der Waals surface area contributed by atoms with E-state index in [9.17, 15) is 13.6 Å². The van der Waals surface area contributed by atoms with Crippen LogP contribution in [0.4, 0.5) is 8.78 Å². The first-order chi connectivity index (χ1) is 13.3. The molecule has 3 heterocycles. The van der Waals surface area contributed by atoms with Crippen molar-refractivity contribution in [3.8, 4) is 11.4 Å². The number of hydrogen-bond donors (Lipinski definition) is 2. The van der Waals surface area contributed by atoms with Crippen molar-refractivity contribution in [2.75, 3.05) is 5.84 Å². The van der Waals surface area contributed by atoms with E-state index in [0.29, 0.717) is 28.1 Å². The Labute approximate surface area is 158 Å². The highest BCUT2D eigenvalue weighted by molar-refractivity contribution is 5.88. The molecular formula is C19H15F2N5O2. The van der Waals surface area contributed by atoms with Crippen LogP contribution in [0.3, 0.4) is 0 Å². The maximum atomic E-state index is 13.0. The molecule has 0 aliphatic heterocycles. The summed E-state index contributed by atoms with van der Waals surface area (Å²) in [6.45, 7) is 1.58. The predicted molar refractivity (Wildman–Crippen MR) is 99.0 cm³/mol. The number of benzene rings is 1. The van der Waals surface area contributed by atoms with Crippen LogP contribution in [0.2, 0.25) is 0 Å². The lowest BCUT2D eigenvalue weighted by Crippen LogP contribution is -2.06. The maximum Gasteiger partial charge on any atom is 0.339 e. The van der Waals surface area contributed by atoms with Crippen LogP contribution in [-0.4, -0.2) is 30.7 Å². The molecule has 0 amide bonds. The van der Waals surface area contributed by atoms with Crippen LogP contribution in [-0.2, 0) is 0 Å². The van der Waals surface area contributed by atoms with Gasteiger partial charge in [0.2, 0.25) is 0 Å². The van der Waals surface area contributed by atoms with E-state index >= 15 is 0 Å². The molecule has 142 valence electrons. The van der Waals surface area contributed by atoms with Crippen molar-refractivity contribution >= 4 is 17.0 Å². The summed E-state index contributed by atoms with van der Waals surface area (Å²) in [5, 5.41) is 9.55. The number of aryl methyl sites for hydroxylation is 1. The third-order valence-corrected chi connectivity index (χ3v) is 3.81. The molecule has 0 saturated heterocycles. The largest absolute Gasteiger partial charge is 0.478 e. The number of nitrogens with zero attached hydrogens (tertiary/aromatic N) is 4. The molecule has 0 unspecified atom stereocenters. The van der Waals surface area contributed by atoms with Gasteiger partial charge in [0.05, 0.1) is 17.5 Å². The second-order valence-electron chi connectivity index (χ2n) is 5.80. The van der Waals surface area contributed by atoms with Crippen molar-refractivity contribution < 1.29 is 18.7 Å². The molecule has 0 aliphatic carbocycles. The van der Waals surface area contributed by atoms with Crippen molar-refractivity contribution in [2.24, 2.45) is 0 Å². The first-order valence-corrected chi connectivity index (χ1v) is 8.05. The zero-order chi connectivity index (χ0) is 20.3. The average molecular weight is 383 g/mol. The Morgan fingerprint density at radius 2 is 1.89 bits per heavy atom. The molecule has 28 heavy (non-hydrogen) atoms. The molecule has 4 rings (SSSR count). The van der Waals surface area contributed by atoms with Crippen LogP contribution in [0.25, 0.3) is 22.4 Å². The number of fused-ring (bicyclic) bond motifs is 1. The lowest BCUT2D eigenvalue weighted by molar-refractivity contribution is 0.0695. The predicted octanol–water partition coefficient (Wildman–Crippen LogP) is 3.18. The summed E-state index contributed by atoms with van der Waals surface area (Å²) in [5.74, 6) is 3.97. The Hall–Kier alpha value is -3.88. The number of nitrogen functional groups attached to an aromatic ring is 1. The standard InChI is InChI=1S/C12H9FN2O2.C7H6FN3/c1-7-10(12(16)17)6-14-11(15-7)8-3-2-4-9(13)5-8;8-6-3-5-1-2-11(9)7(5)10-4-6/h2-6H,1H3,(H,16,17);1-4H,9H2. The smallest absolute Gasteiger partial charge is 0.339 e. The first-order valence-electron chi connectivity index (χ1n) is 8.05. The van der Waals surface area contributed by atoms with Crippen molar-refractivity contribution in [3.05, 3.63) is 77.9 Å². The summed E-state index contributed by atoms with van der Waals surface area (Å²) < 4.78 is 26.9. The van der Waals surface area contributed by atoms with Crippen LogP contribution in [0, 0.1) is 18.6 Å². The molecule has 0 radical (unpaired) electrons. The first kappa shape index (κ1) is 18.9. The summed E-state index contributed by atoms with van der Waals surface area (Å²) in [4.78, 5) is 22.5. The van der Waals surface area contributed by atoms with Gasteiger partial charge in [-0.1, -0.05) is 12.1 Å². The van der Waals surface area contributed by atoms with Gasteiger partial charge < -0.3 is 10.9 Å². The number of aromatic nitrogens is 4. The van der Waals surface area contributed by atoms with Gasteiger partial charge in [-0.25, -0.2) is 28.5 Å². The molecule has 3 N–H and O–H groups in total. The number of halogens is 2. The van der Waals surface area contributed by atoms with E-state index in [2.05, 4.69) is 15.0 Å². The van der Waals surface area contributed by atoms with Crippen LogP contribution >= 0.6 is 0 Å². The molecular weight excluding hydrogens is 368 g/mol. The van der Waals surface area contributed by atoms with Gasteiger partial charge >= 0.3 is 5.97 Å². The second-order valence-corrected chi connectivity index (χ2v) is 5.80. The molecule has 0 spiro atoms. The van der Waals surface area contributed by atoms with Gasteiger partial charge in [0.1, 0.15) is 11.6 Å². The lowest BCUT2D eigenvalue weighted by Gasteiger charge is -2.03. The number of nitrogens with two attached hydrogens (primary N) is 1. The maximum absolute atomic E-state index is 13.0. The number of carboxylic acid groups (broad SMARTS) is 1. The minimum atomic E-state index is -1.08. The number of hydrogen-bond acceptors (Lipinski definition) is 5. The van der Waals surface area contributed by atoms with Crippen molar-refractivity contribution in [1.29, 1.82) is 0 Å². The van der Waals surface area contributed by atoms with Gasteiger partial charge in [0, 0.05) is 23.3 Å². The summed E-state index contributed by atoms with van der Waals surface area (Å²) in [6.07, 6.45) is 4.01. The molecule has 0 aliphatic rings. The summed E-state index contributed by atoms with van der Waals surface area (Å²) in [5.41, 5.74) is 1.51. The number of carboxylic acids is 1. The number of rotatable bonds is 2. The van der Waals surface area contributed by atoms with Gasteiger partial charge in [-0.2, -0.15) is 0 Å². The molecule has 3 aromatic heterocycles. The number of carbonyl (C=O) groups is 1. The highest BCUT2D eigenvalue weighted by Gasteiger charge is 2.11. The Kier molecular flexibility index (Phi) is 5.25. The zero-order valence-electron chi connectivity index (χ0n) is 14.7. The zero-order valence-corrected chi connectivity index (χ0v) is 14.7. The van der Waals surface area contributed by atoms with E-state index in [0.717, 1.165) is 6.20 Å². The molecule has 4 aromatic rings. The quantitative estimate of drug-likeness (QED) is 0.515. The number of aromatic carboxylic acids is 1. The Bertz CT molecular complexity index is 1160. The van der Waals surface area contributed by atoms with E-state index < -0.39 is 5.97 Å². The van der Waals surface area contributed by atoms with E-state index in [1.165, 1.54) is 29.1 Å². The molecule has 0 fully saturated rings. The minimum Gasteiger partial charge on any atom is -0.478 e. The van der Waals surface area contributed by atoms with E-state index in [-0.39, 0.29) is 17.2 Å². The molecule has 0 atom stereocenters. The van der Waals surface area contributed by atoms with Crippen LogP contribution in [0.1, 0.15) is 16.1 Å². The van der Waals surface area contributed by atoms with Crippen molar-refractivity contribution in [1.82, 2.24) is 19.6 Å². The fraction of sp³-hybridized carbons (Fsp3) is 0.0526.